The van der Waals surface area contributed by atoms with E-state index in [0.29, 0.717) is 4.47 Å². The van der Waals surface area contributed by atoms with Crippen molar-refractivity contribution in [2.75, 3.05) is 0 Å². The second kappa shape index (κ2) is 3.76. The van der Waals surface area contributed by atoms with Gasteiger partial charge in [-0.2, -0.15) is 13.2 Å². The lowest BCUT2D eigenvalue weighted by Crippen LogP contribution is -2.11. The van der Waals surface area contributed by atoms with Gasteiger partial charge in [-0.3, -0.25) is 0 Å². The lowest BCUT2D eigenvalue weighted by molar-refractivity contribution is -0.141. The molecule has 90 valence electrons. The summed E-state index contributed by atoms with van der Waals surface area (Å²) in [5.41, 5.74) is -1.86. The molecule has 0 aliphatic heterocycles. The lowest BCUT2D eigenvalue weighted by Gasteiger charge is -2.04. The standard InChI is InChI=1S/C10H5BrF3NO2/c11-4-1-2-6-5(3-4)7(9(16)17)8(15-6)10(12,13)14/h1-3,15H,(H,16,17). The van der Waals surface area contributed by atoms with Crippen molar-refractivity contribution < 1.29 is 23.1 Å². The molecule has 1 aromatic carbocycles. The van der Waals surface area contributed by atoms with E-state index in [4.69, 9.17) is 5.11 Å². The number of carboxylic acids is 1. The lowest BCUT2D eigenvalue weighted by atomic mass is 10.1. The maximum Gasteiger partial charge on any atom is 0.432 e. The highest BCUT2D eigenvalue weighted by Crippen LogP contribution is 2.36. The molecule has 1 heterocycles. The molecule has 0 unspecified atom stereocenters. The van der Waals surface area contributed by atoms with Gasteiger partial charge in [0.25, 0.3) is 0 Å². The minimum atomic E-state index is -4.72. The topological polar surface area (TPSA) is 53.1 Å². The zero-order valence-corrected chi connectivity index (χ0v) is 9.69. The van der Waals surface area contributed by atoms with E-state index in [1.165, 1.54) is 18.2 Å². The van der Waals surface area contributed by atoms with Gasteiger partial charge in [-0.25, -0.2) is 4.79 Å². The first-order valence-electron chi connectivity index (χ1n) is 4.42. The molecule has 7 heteroatoms. The van der Waals surface area contributed by atoms with Gasteiger partial charge >= 0.3 is 12.1 Å². The van der Waals surface area contributed by atoms with Gasteiger partial charge in [-0.1, -0.05) is 15.9 Å². The smallest absolute Gasteiger partial charge is 0.432 e. The molecule has 0 fully saturated rings. The average Bonchev–Trinajstić information content (AvgIpc) is 2.55. The van der Waals surface area contributed by atoms with Crippen LogP contribution >= 0.6 is 15.9 Å². The highest BCUT2D eigenvalue weighted by Gasteiger charge is 2.38. The Kier molecular flexibility index (Phi) is 2.65. The number of halogens is 4. The zero-order chi connectivity index (χ0) is 12.8. The highest BCUT2D eigenvalue weighted by atomic mass is 79.9. The summed E-state index contributed by atoms with van der Waals surface area (Å²) in [6, 6.07) is 4.26. The van der Waals surface area contributed by atoms with E-state index in [1.807, 2.05) is 0 Å². The second-order valence-electron chi connectivity index (χ2n) is 3.37. The molecular weight excluding hydrogens is 303 g/mol. The van der Waals surface area contributed by atoms with E-state index in [-0.39, 0.29) is 10.9 Å². The fraction of sp³-hybridized carbons (Fsp3) is 0.100. The van der Waals surface area contributed by atoms with Gasteiger partial charge in [0, 0.05) is 15.4 Å². The molecule has 0 saturated carbocycles. The molecule has 0 atom stereocenters. The van der Waals surface area contributed by atoms with Crippen molar-refractivity contribution in [3.63, 3.8) is 0 Å². The summed E-state index contributed by atoms with van der Waals surface area (Å²) in [6.45, 7) is 0. The van der Waals surface area contributed by atoms with Crippen molar-refractivity contribution in [2.24, 2.45) is 0 Å². The minimum Gasteiger partial charge on any atom is -0.478 e. The first-order chi connectivity index (χ1) is 7.80. The van der Waals surface area contributed by atoms with Crippen LogP contribution < -0.4 is 0 Å². The molecular formula is C10H5BrF3NO2. The Balaban J connectivity index is 2.86. The van der Waals surface area contributed by atoms with Crippen LogP contribution in [-0.2, 0) is 6.18 Å². The Bertz CT molecular complexity index is 603. The normalized spacial score (nSPS) is 12.0. The van der Waals surface area contributed by atoms with Crippen LogP contribution in [0.1, 0.15) is 16.1 Å². The van der Waals surface area contributed by atoms with Gasteiger partial charge in [0.05, 0.1) is 5.56 Å². The number of carbonyl (C=O) groups is 1. The van der Waals surface area contributed by atoms with E-state index in [0.717, 1.165) is 0 Å². The number of aromatic nitrogens is 1. The molecule has 0 amide bonds. The number of nitrogens with one attached hydrogen (secondary N) is 1. The molecule has 3 nitrogen and oxygen atoms in total. The van der Waals surface area contributed by atoms with Crippen LogP contribution in [0.3, 0.4) is 0 Å². The monoisotopic (exact) mass is 307 g/mol. The predicted molar refractivity (Wildman–Crippen MR) is 58.0 cm³/mol. The number of carboxylic acid groups (broad SMARTS) is 1. The zero-order valence-electron chi connectivity index (χ0n) is 8.10. The molecule has 1 aromatic heterocycles. The van der Waals surface area contributed by atoms with Crippen LogP contribution in [0, 0.1) is 0 Å². The molecule has 0 radical (unpaired) electrons. The van der Waals surface area contributed by atoms with Gasteiger partial charge < -0.3 is 10.1 Å². The molecule has 2 N–H and O–H groups in total. The van der Waals surface area contributed by atoms with Gasteiger partial charge in [0.1, 0.15) is 5.69 Å². The SMILES string of the molecule is O=C(O)c1c(C(F)(F)F)[nH]c2ccc(Br)cc12. The fourth-order valence-electron chi connectivity index (χ4n) is 1.60. The molecule has 0 aliphatic rings. The van der Waals surface area contributed by atoms with E-state index >= 15 is 0 Å². The summed E-state index contributed by atoms with van der Waals surface area (Å²) in [4.78, 5) is 13.0. The number of rotatable bonds is 1. The Morgan fingerprint density at radius 2 is 2.00 bits per heavy atom. The molecule has 17 heavy (non-hydrogen) atoms. The van der Waals surface area contributed by atoms with Crippen molar-refractivity contribution in [2.45, 2.75) is 6.18 Å². The van der Waals surface area contributed by atoms with Crippen LogP contribution in [0.4, 0.5) is 13.2 Å². The van der Waals surface area contributed by atoms with Crippen LogP contribution in [0.5, 0.6) is 0 Å². The molecule has 0 saturated heterocycles. The van der Waals surface area contributed by atoms with E-state index in [1.54, 1.807) is 0 Å². The Morgan fingerprint density at radius 1 is 1.35 bits per heavy atom. The van der Waals surface area contributed by atoms with E-state index in [9.17, 15) is 18.0 Å². The third-order valence-electron chi connectivity index (χ3n) is 2.26. The van der Waals surface area contributed by atoms with Crippen molar-refractivity contribution >= 4 is 32.8 Å². The largest absolute Gasteiger partial charge is 0.478 e. The third-order valence-corrected chi connectivity index (χ3v) is 2.75. The van der Waals surface area contributed by atoms with Crippen molar-refractivity contribution in [1.82, 2.24) is 4.98 Å². The summed E-state index contributed by atoms with van der Waals surface area (Å²) < 4.78 is 38.4. The summed E-state index contributed by atoms with van der Waals surface area (Å²) in [5.74, 6) is -1.61. The molecule has 0 aliphatic carbocycles. The number of fused-ring (bicyclic) bond motifs is 1. The van der Waals surface area contributed by atoms with Crippen LogP contribution in [-0.4, -0.2) is 16.1 Å². The number of hydrogen-bond donors (Lipinski definition) is 2. The van der Waals surface area contributed by atoms with Gasteiger partial charge in [-0.05, 0) is 18.2 Å². The van der Waals surface area contributed by atoms with Crippen LogP contribution in [0.2, 0.25) is 0 Å². The molecule has 2 rings (SSSR count). The number of aromatic carboxylic acids is 1. The fourth-order valence-corrected chi connectivity index (χ4v) is 1.96. The average molecular weight is 308 g/mol. The van der Waals surface area contributed by atoms with Crippen molar-refractivity contribution in [3.8, 4) is 0 Å². The second-order valence-corrected chi connectivity index (χ2v) is 4.28. The summed E-state index contributed by atoms with van der Waals surface area (Å²) in [7, 11) is 0. The van der Waals surface area contributed by atoms with Gasteiger partial charge in [0.2, 0.25) is 0 Å². The summed E-state index contributed by atoms with van der Waals surface area (Å²) >= 11 is 3.09. The van der Waals surface area contributed by atoms with E-state index < -0.39 is 23.4 Å². The first-order valence-corrected chi connectivity index (χ1v) is 5.21. The third kappa shape index (κ3) is 2.02. The van der Waals surface area contributed by atoms with E-state index in [2.05, 4.69) is 20.9 Å². The molecule has 0 spiro atoms. The van der Waals surface area contributed by atoms with Crippen LogP contribution in [0.15, 0.2) is 22.7 Å². The number of H-pyrrole nitrogens is 1. The van der Waals surface area contributed by atoms with Crippen LogP contribution in [0.25, 0.3) is 10.9 Å². The molecule has 0 bridgehead atoms. The van der Waals surface area contributed by atoms with Crippen molar-refractivity contribution in [1.29, 1.82) is 0 Å². The number of hydrogen-bond acceptors (Lipinski definition) is 1. The van der Waals surface area contributed by atoms with Crippen molar-refractivity contribution in [3.05, 3.63) is 33.9 Å². The van der Waals surface area contributed by atoms with Gasteiger partial charge in [0.15, 0.2) is 0 Å². The first kappa shape index (κ1) is 12.0. The Labute approximate surface area is 101 Å². The predicted octanol–water partition coefficient (Wildman–Crippen LogP) is 3.65. The minimum absolute atomic E-state index is 0.0270. The van der Waals surface area contributed by atoms with Gasteiger partial charge in [-0.15, -0.1) is 0 Å². The molecule has 2 aromatic rings. The highest BCUT2D eigenvalue weighted by molar-refractivity contribution is 9.10. The maximum absolute atomic E-state index is 12.6. The summed E-state index contributed by atoms with van der Waals surface area (Å²) in [5, 5.41) is 8.90. The number of aromatic amines is 1. The number of alkyl halides is 3. The quantitative estimate of drug-likeness (QED) is 0.845. The Hall–Kier alpha value is -1.50. The summed E-state index contributed by atoms with van der Waals surface area (Å²) in [6.07, 6.45) is -4.72. The maximum atomic E-state index is 12.6. The Morgan fingerprint density at radius 3 is 2.53 bits per heavy atom. The number of benzene rings is 1.